The Bertz CT molecular complexity index is 3440. The Morgan fingerprint density at radius 3 is 1.77 bits per heavy atom. The fourth-order valence-corrected chi connectivity index (χ4v) is 14.0. The summed E-state index contributed by atoms with van der Waals surface area (Å²) in [5.74, 6) is 0.140. The van der Waals surface area contributed by atoms with Crippen LogP contribution < -0.4 is 4.90 Å². The molecule has 8 aromatic carbocycles. The van der Waals surface area contributed by atoms with Crippen LogP contribution in [0.25, 0.3) is 44.2 Å². The molecule has 3 atom stereocenters. The van der Waals surface area contributed by atoms with Gasteiger partial charge in [-0.25, -0.2) is 0 Å². The molecule has 0 saturated heterocycles. The Hall–Kier alpha value is -7.42. The first-order chi connectivity index (χ1) is 32.1. The monoisotopic (exact) mass is 833 g/mol. The highest BCUT2D eigenvalue weighted by molar-refractivity contribution is 6.13. The highest BCUT2D eigenvalue weighted by Crippen LogP contribution is 2.69. The van der Waals surface area contributed by atoms with Crippen molar-refractivity contribution in [1.82, 2.24) is 0 Å². The summed E-state index contributed by atoms with van der Waals surface area (Å²) in [6.45, 7) is 2.59. The molecule has 0 fully saturated rings. The van der Waals surface area contributed by atoms with Crippen LogP contribution in [0.4, 0.5) is 11.4 Å². The van der Waals surface area contributed by atoms with Crippen LogP contribution in [0.3, 0.4) is 0 Å². The van der Waals surface area contributed by atoms with E-state index in [9.17, 15) is 0 Å². The molecule has 0 saturated carbocycles. The van der Waals surface area contributed by atoms with Gasteiger partial charge in [-0.1, -0.05) is 201 Å². The van der Waals surface area contributed by atoms with Crippen molar-refractivity contribution in [3.05, 3.63) is 263 Å². The number of allylic oxidation sites excluding steroid dienone is 5. The lowest BCUT2D eigenvalue weighted by atomic mass is 9.58. The third kappa shape index (κ3) is 4.64. The maximum atomic E-state index is 7.12. The zero-order chi connectivity index (χ0) is 42.9. The third-order valence-corrected chi connectivity index (χ3v) is 16.4. The smallest absolute Gasteiger partial charge is 0.137 e. The van der Waals surface area contributed by atoms with Gasteiger partial charge in [0.1, 0.15) is 11.2 Å². The zero-order valence-corrected chi connectivity index (χ0v) is 36.4. The van der Waals surface area contributed by atoms with Gasteiger partial charge in [0.05, 0.1) is 21.9 Å². The molecule has 0 aliphatic heterocycles. The van der Waals surface area contributed by atoms with Crippen molar-refractivity contribution in [2.75, 3.05) is 4.90 Å². The quantitative estimate of drug-likeness (QED) is 0.161. The Kier molecular flexibility index (Phi) is 7.71. The molecule has 14 rings (SSSR count). The van der Waals surface area contributed by atoms with E-state index >= 15 is 0 Å². The van der Waals surface area contributed by atoms with Crippen LogP contribution in [0.5, 0.6) is 0 Å². The number of anilines is 2. The van der Waals surface area contributed by atoms with Gasteiger partial charge in [-0.05, 0) is 111 Å². The topological polar surface area (TPSA) is 16.4 Å². The minimum Gasteiger partial charge on any atom is -0.456 e. The summed E-state index contributed by atoms with van der Waals surface area (Å²) in [5, 5.41) is 2.30. The van der Waals surface area contributed by atoms with Crippen LogP contribution in [0.1, 0.15) is 65.1 Å². The van der Waals surface area contributed by atoms with Crippen LogP contribution in [-0.2, 0) is 16.2 Å². The molecule has 0 N–H and O–H groups in total. The summed E-state index contributed by atoms with van der Waals surface area (Å²) in [4.78, 5) is 2.75. The Morgan fingerprint density at radius 1 is 0.538 bits per heavy atom. The molecule has 5 aliphatic rings. The van der Waals surface area contributed by atoms with Gasteiger partial charge in [-0.15, -0.1) is 0 Å². The number of hydrogen-bond acceptors (Lipinski definition) is 2. The highest BCUT2D eigenvalue weighted by Gasteiger charge is 2.65. The van der Waals surface area contributed by atoms with E-state index in [0.717, 1.165) is 41.2 Å². The average molecular weight is 834 g/mol. The third-order valence-electron chi connectivity index (χ3n) is 16.4. The van der Waals surface area contributed by atoms with E-state index in [2.05, 4.69) is 230 Å². The number of hydrogen-bond donors (Lipinski definition) is 0. The molecular formula is C63H47NO. The van der Waals surface area contributed by atoms with Crippen LogP contribution in [0.15, 0.2) is 228 Å². The van der Waals surface area contributed by atoms with Crippen molar-refractivity contribution >= 4 is 33.3 Å². The van der Waals surface area contributed by atoms with E-state index in [1.807, 2.05) is 0 Å². The molecule has 2 nitrogen and oxygen atoms in total. The Balaban J connectivity index is 1.09. The molecule has 2 heteroatoms. The Morgan fingerprint density at radius 2 is 1.11 bits per heavy atom. The summed E-state index contributed by atoms with van der Waals surface area (Å²) < 4.78 is 7.12. The lowest BCUT2D eigenvalue weighted by Crippen LogP contribution is -2.54. The van der Waals surface area contributed by atoms with Crippen LogP contribution in [0, 0.1) is 5.92 Å². The average Bonchev–Trinajstić information content (AvgIpc) is 4.06. The first-order valence-corrected chi connectivity index (χ1v) is 23.5. The number of nitrogens with zero attached hydrogens (tertiary/aromatic N) is 1. The van der Waals surface area contributed by atoms with Crippen molar-refractivity contribution in [3.8, 4) is 22.3 Å². The summed E-state index contributed by atoms with van der Waals surface area (Å²) in [6, 6.07) is 71.2. The van der Waals surface area contributed by atoms with Gasteiger partial charge in [0.25, 0.3) is 0 Å². The fraction of sp³-hybridized carbons (Fsp3) is 0.143. The summed E-state index contributed by atoms with van der Waals surface area (Å²) in [6.07, 6.45) is 15.0. The second-order valence-electron chi connectivity index (χ2n) is 19.1. The van der Waals surface area contributed by atoms with Gasteiger partial charge in [-0.3, -0.25) is 0 Å². The molecule has 1 spiro atoms. The molecule has 3 unspecified atom stereocenters. The molecule has 0 amide bonds. The van der Waals surface area contributed by atoms with Gasteiger partial charge in [-0.2, -0.15) is 0 Å². The standard InChI is InChI=1S/C63H47NO/c1-61-53-34-17-18-35-54(53)63(51-32-15-10-27-46(51)47-28-11-16-33-52(47)63)58(61)37-20-38-59(61)64(43-23-6-3-7-24-43)55-39-42(40-57-60(55)48-29-12-19-36-56(48)65-57)62(41-21-4-2-5-22-41)49-30-13-8-25-44(49)45-26-9-14-31-50(45)62/h2-4,6-21,23-37,39-40,58-59H,5,22,38H2,1H3. The van der Waals surface area contributed by atoms with Gasteiger partial charge in [0.2, 0.25) is 0 Å². The van der Waals surface area contributed by atoms with Crippen molar-refractivity contribution in [1.29, 1.82) is 0 Å². The predicted molar refractivity (Wildman–Crippen MR) is 267 cm³/mol. The summed E-state index contributed by atoms with van der Waals surface area (Å²) in [5.41, 5.74) is 19.4. The van der Waals surface area contributed by atoms with Gasteiger partial charge in [0.15, 0.2) is 0 Å². The normalized spacial score (nSPS) is 21.1. The molecule has 0 radical (unpaired) electrons. The van der Waals surface area contributed by atoms with E-state index < -0.39 is 5.41 Å². The maximum absolute atomic E-state index is 7.12. The molecule has 1 aromatic heterocycles. The molecular weight excluding hydrogens is 787 g/mol. The molecule has 1 heterocycles. The first kappa shape index (κ1) is 37.0. The number of benzene rings is 8. The van der Waals surface area contributed by atoms with Crippen LogP contribution in [-0.4, -0.2) is 6.04 Å². The van der Waals surface area contributed by atoms with E-state index in [0.29, 0.717) is 0 Å². The molecule has 310 valence electrons. The number of para-hydroxylation sites is 2. The Labute approximate surface area is 380 Å². The van der Waals surface area contributed by atoms with E-state index in [1.54, 1.807) is 0 Å². The largest absolute Gasteiger partial charge is 0.456 e. The fourth-order valence-electron chi connectivity index (χ4n) is 14.0. The lowest BCUT2D eigenvalue weighted by molar-refractivity contribution is 0.249. The molecule has 5 aliphatic carbocycles. The van der Waals surface area contributed by atoms with Crippen LogP contribution >= 0.6 is 0 Å². The molecule has 0 bridgehead atoms. The predicted octanol–water partition coefficient (Wildman–Crippen LogP) is 15.5. The van der Waals surface area contributed by atoms with Gasteiger partial charge >= 0.3 is 0 Å². The van der Waals surface area contributed by atoms with Crippen molar-refractivity contribution < 1.29 is 4.42 Å². The first-order valence-electron chi connectivity index (χ1n) is 23.5. The number of fused-ring (bicyclic) bond motifs is 16. The minimum absolute atomic E-state index is 0.0309. The molecule has 9 aromatic rings. The van der Waals surface area contributed by atoms with Crippen molar-refractivity contribution in [2.24, 2.45) is 5.92 Å². The van der Waals surface area contributed by atoms with Gasteiger partial charge in [0, 0.05) is 28.4 Å². The van der Waals surface area contributed by atoms with E-state index in [4.69, 9.17) is 4.42 Å². The number of furan rings is 1. The van der Waals surface area contributed by atoms with E-state index in [1.165, 1.54) is 78.1 Å². The maximum Gasteiger partial charge on any atom is 0.137 e. The second-order valence-corrected chi connectivity index (χ2v) is 19.1. The minimum atomic E-state index is -0.525. The zero-order valence-electron chi connectivity index (χ0n) is 36.4. The van der Waals surface area contributed by atoms with Gasteiger partial charge < -0.3 is 9.32 Å². The van der Waals surface area contributed by atoms with Crippen LogP contribution in [0.2, 0.25) is 0 Å². The van der Waals surface area contributed by atoms with Crippen molar-refractivity contribution in [2.45, 2.75) is 48.5 Å². The van der Waals surface area contributed by atoms with E-state index in [-0.39, 0.29) is 22.8 Å². The molecule has 65 heavy (non-hydrogen) atoms. The highest BCUT2D eigenvalue weighted by atomic mass is 16.3. The lowest BCUT2D eigenvalue weighted by Gasteiger charge is -2.51. The summed E-state index contributed by atoms with van der Waals surface area (Å²) in [7, 11) is 0. The SMILES string of the molecule is CC12c3ccccc3C3(c4ccccc4-c4ccccc43)C1C=CCC2N(c1ccccc1)c1cc(C2(C3=CC=CCC3)c3ccccc3-c3ccccc32)cc2oc3ccccc3c12. The summed E-state index contributed by atoms with van der Waals surface area (Å²) >= 11 is 0. The second kappa shape index (κ2) is 13.5. The number of rotatable bonds is 5. The van der Waals surface area contributed by atoms with Crippen molar-refractivity contribution in [3.63, 3.8) is 0 Å².